The molecule has 0 atom stereocenters. The SMILES string of the molecule is Cc1sc(/C=C/c2ccccc2)c(C)c1-c1ccccc1. The van der Waals surface area contributed by atoms with E-state index in [0.29, 0.717) is 0 Å². The predicted molar refractivity (Wildman–Crippen MR) is 94.6 cm³/mol. The third-order valence-electron chi connectivity index (χ3n) is 3.65. The van der Waals surface area contributed by atoms with Crippen LogP contribution in [0.2, 0.25) is 0 Å². The van der Waals surface area contributed by atoms with Crippen LogP contribution in [0.4, 0.5) is 0 Å². The van der Waals surface area contributed by atoms with Gasteiger partial charge in [0.25, 0.3) is 0 Å². The molecule has 1 aromatic heterocycles. The van der Waals surface area contributed by atoms with Crippen molar-refractivity contribution < 1.29 is 0 Å². The first-order valence-corrected chi connectivity index (χ1v) is 7.96. The fourth-order valence-electron chi connectivity index (χ4n) is 2.60. The largest absolute Gasteiger partial charge is 0.140 e. The molecule has 0 aliphatic rings. The van der Waals surface area contributed by atoms with Gasteiger partial charge in [0.05, 0.1) is 0 Å². The topological polar surface area (TPSA) is 0 Å². The van der Waals surface area contributed by atoms with Gasteiger partial charge in [-0.05, 0) is 42.2 Å². The van der Waals surface area contributed by atoms with Crippen molar-refractivity contribution in [2.24, 2.45) is 0 Å². The normalized spacial score (nSPS) is 11.1. The van der Waals surface area contributed by atoms with Crippen molar-refractivity contribution in [2.45, 2.75) is 13.8 Å². The van der Waals surface area contributed by atoms with E-state index in [2.05, 4.69) is 80.6 Å². The third kappa shape index (κ3) is 2.98. The third-order valence-corrected chi connectivity index (χ3v) is 4.82. The Morgan fingerprint density at radius 3 is 2.05 bits per heavy atom. The fourth-order valence-corrected chi connectivity index (χ4v) is 3.69. The highest BCUT2D eigenvalue weighted by Gasteiger charge is 2.11. The van der Waals surface area contributed by atoms with E-state index in [9.17, 15) is 0 Å². The van der Waals surface area contributed by atoms with Crippen LogP contribution in [0.5, 0.6) is 0 Å². The van der Waals surface area contributed by atoms with Crippen molar-refractivity contribution in [2.75, 3.05) is 0 Å². The first-order valence-electron chi connectivity index (χ1n) is 7.14. The van der Waals surface area contributed by atoms with E-state index in [4.69, 9.17) is 0 Å². The summed E-state index contributed by atoms with van der Waals surface area (Å²) in [5, 5.41) is 0. The summed E-state index contributed by atoms with van der Waals surface area (Å²) in [6.07, 6.45) is 4.42. The van der Waals surface area contributed by atoms with Crippen LogP contribution >= 0.6 is 11.3 Å². The summed E-state index contributed by atoms with van der Waals surface area (Å²) in [7, 11) is 0. The van der Waals surface area contributed by atoms with Gasteiger partial charge in [0.15, 0.2) is 0 Å². The van der Waals surface area contributed by atoms with Crippen molar-refractivity contribution in [3.05, 3.63) is 81.5 Å². The van der Waals surface area contributed by atoms with Gasteiger partial charge < -0.3 is 0 Å². The first kappa shape index (κ1) is 13.8. The molecule has 0 radical (unpaired) electrons. The van der Waals surface area contributed by atoms with Crippen molar-refractivity contribution in [1.82, 2.24) is 0 Å². The Hall–Kier alpha value is -2.12. The number of hydrogen-bond donors (Lipinski definition) is 0. The second-order valence-electron chi connectivity index (χ2n) is 5.13. The number of hydrogen-bond acceptors (Lipinski definition) is 1. The molecule has 0 saturated carbocycles. The molecule has 104 valence electrons. The number of thiophene rings is 1. The number of rotatable bonds is 3. The van der Waals surface area contributed by atoms with Crippen LogP contribution in [0.3, 0.4) is 0 Å². The van der Waals surface area contributed by atoms with Crippen molar-refractivity contribution in [3.63, 3.8) is 0 Å². The van der Waals surface area contributed by atoms with Gasteiger partial charge in [0, 0.05) is 9.75 Å². The molecule has 0 amide bonds. The summed E-state index contributed by atoms with van der Waals surface area (Å²) in [6.45, 7) is 4.43. The van der Waals surface area contributed by atoms with Crippen molar-refractivity contribution in [3.8, 4) is 11.1 Å². The summed E-state index contributed by atoms with van der Waals surface area (Å²) in [4.78, 5) is 2.72. The minimum atomic E-state index is 1.24. The Labute approximate surface area is 130 Å². The van der Waals surface area contributed by atoms with Gasteiger partial charge in [-0.25, -0.2) is 0 Å². The molecule has 0 aliphatic heterocycles. The molecule has 21 heavy (non-hydrogen) atoms. The quantitative estimate of drug-likeness (QED) is 0.538. The Morgan fingerprint density at radius 1 is 0.762 bits per heavy atom. The molecule has 3 aromatic rings. The Balaban J connectivity index is 1.97. The van der Waals surface area contributed by atoms with E-state index in [1.165, 1.54) is 32.0 Å². The lowest BCUT2D eigenvalue weighted by Crippen LogP contribution is -1.80. The van der Waals surface area contributed by atoms with Gasteiger partial charge in [-0.15, -0.1) is 11.3 Å². The minimum Gasteiger partial charge on any atom is -0.140 e. The van der Waals surface area contributed by atoms with E-state index in [-0.39, 0.29) is 0 Å². The van der Waals surface area contributed by atoms with Crippen LogP contribution in [-0.4, -0.2) is 0 Å². The van der Waals surface area contributed by atoms with E-state index < -0.39 is 0 Å². The lowest BCUT2D eigenvalue weighted by atomic mass is 10.0. The molecule has 0 N–H and O–H groups in total. The Kier molecular flexibility index (Phi) is 4.03. The van der Waals surface area contributed by atoms with Crippen molar-refractivity contribution >= 4 is 23.5 Å². The lowest BCUT2D eigenvalue weighted by Gasteiger charge is -2.02. The van der Waals surface area contributed by atoms with Gasteiger partial charge in [-0.1, -0.05) is 66.7 Å². The second kappa shape index (κ2) is 6.11. The summed E-state index contributed by atoms with van der Waals surface area (Å²) >= 11 is 1.87. The van der Waals surface area contributed by atoms with Crippen LogP contribution in [0, 0.1) is 13.8 Å². The highest BCUT2D eigenvalue weighted by atomic mass is 32.1. The maximum absolute atomic E-state index is 2.23. The van der Waals surface area contributed by atoms with E-state index in [1.54, 1.807) is 0 Å². The van der Waals surface area contributed by atoms with E-state index in [0.717, 1.165) is 0 Å². The average molecular weight is 290 g/mol. The monoisotopic (exact) mass is 290 g/mol. The lowest BCUT2D eigenvalue weighted by molar-refractivity contribution is 1.47. The average Bonchev–Trinajstić information content (AvgIpc) is 2.81. The number of benzene rings is 2. The molecule has 0 spiro atoms. The van der Waals surface area contributed by atoms with Crippen LogP contribution in [0.1, 0.15) is 20.9 Å². The number of aryl methyl sites for hydroxylation is 1. The summed E-state index contributed by atoms with van der Waals surface area (Å²) < 4.78 is 0. The summed E-state index contributed by atoms with van der Waals surface area (Å²) in [5.74, 6) is 0. The maximum atomic E-state index is 2.23. The summed E-state index contributed by atoms with van der Waals surface area (Å²) in [5.41, 5.74) is 5.30. The molecule has 0 fully saturated rings. The molecule has 0 unspecified atom stereocenters. The highest BCUT2D eigenvalue weighted by molar-refractivity contribution is 7.13. The molecule has 0 aliphatic carbocycles. The van der Waals surface area contributed by atoms with Gasteiger partial charge in [0.1, 0.15) is 0 Å². The summed E-state index contributed by atoms with van der Waals surface area (Å²) in [6, 6.07) is 21.1. The molecule has 2 aromatic carbocycles. The smallest absolute Gasteiger partial charge is 0.0308 e. The van der Waals surface area contributed by atoms with Gasteiger partial charge in [0.2, 0.25) is 0 Å². The van der Waals surface area contributed by atoms with Gasteiger partial charge in [-0.3, -0.25) is 0 Å². The molecule has 0 bridgehead atoms. The van der Waals surface area contributed by atoms with Crippen LogP contribution in [0.15, 0.2) is 60.7 Å². The first-order chi connectivity index (χ1) is 10.3. The predicted octanol–water partition coefficient (Wildman–Crippen LogP) is 6.20. The molecule has 1 heterocycles. The standard InChI is InChI=1S/C20H18S/c1-15-19(14-13-17-9-5-3-6-10-17)21-16(2)20(15)18-11-7-4-8-12-18/h3-14H,1-2H3/b14-13+. The van der Waals surface area contributed by atoms with Gasteiger partial charge in [-0.2, -0.15) is 0 Å². The van der Waals surface area contributed by atoms with E-state index in [1.807, 2.05) is 17.4 Å². The Bertz CT molecular complexity index is 749. The molecular formula is C20H18S. The van der Waals surface area contributed by atoms with Crippen LogP contribution in [-0.2, 0) is 0 Å². The molecule has 0 saturated heterocycles. The molecule has 0 nitrogen and oxygen atoms in total. The minimum absolute atomic E-state index is 1.24. The van der Waals surface area contributed by atoms with E-state index >= 15 is 0 Å². The maximum Gasteiger partial charge on any atom is 0.0308 e. The van der Waals surface area contributed by atoms with Crippen LogP contribution in [0.25, 0.3) is 23.3 Å². The zero-order chi connectivity index (χ0) is 14.7. The zero-order valence-electron chi connectivity index (χ0n) is 12.3. The van der Waals surface area contributed by atoms with Gasteiger partial charge >= 0.3 is 0 Å². The highest BCUT2D eigenvalue weighted by Crippen LogP contribution is 2.36. The molecular weight excluding hydrogens is 272 g/mol. The Morgan fingerprint density at radius 2 is 1.38 bits per heavy atom. The zero-order valence-corrected chi connectivity index (χ0v) is 13.2. The fraction of sp³-hybridized carbons (Fsp3) is 0.100. The molecule has 1 heteroatoms. The second-order valence-corrected chi connectivity index (χ2v) is 6.39. The molecule has 3 rings (SSSR count). The van der Waals surface area contributed by atoms with Crippen LogP contribution < -0.4 is 0 Å². The van der Waals surface area contributed by atoms with Crippen molar-refractivity contribution in [1.29, 1.82) is 0 Å².